The van der Waals surface area contributed by atoms with Gasteiger partial charge in [-0.1, -0.05) is 6.07 Å². The van der Waals surface area contributed by atoms with Crippen LogP contribution in [0.2, 0.25) is 0 Å². The predicted octanol–water partition coefficient (Wildman–Crippen LogP) is 3.36. The number of nitrogens with one attached hydrogen (secondary N) is 1. The molecule has 2 aromatic rings. The standard InChI is InChI=1S/C16H16N4O6/c1-10(12-5-4-6-15(25-2)16(12)26-3)17-18-13-8-7-11(19(21)22)9-14(13)20(23)24/h4-9,18H,1-3H3/b17-10+. The van der Waals surface area contributed by atoms with Crippen LogP contribution in [0, 0.1) is 20.2 Å². The van der Waals surface area contributed by atoms with Crippen molar-refractivity contribution in [3.63, 3.8) is 0 Å². The first-order valence-electron chi connectivity index (χ1n) is 7.33. The Morgan fingerprint density at radius 2 is 1.81 bits per heavy atom. The fourth-order valence-electron chi connectivity index (χ4n) is 2.26. The first-order valence-corrected chi connectivity index (χ1v) is 7.33. The third-order valence-corrected chi connectivity index (χ3v) is 3.53. The fourth-order valence-corrected chi connectivity index (χ4v) is 2.26. The molecule has 0 saturated heterocycles. The molecule has 1 N–H and O–H groups in total. The smallest absolute Gasteiger partial charge is 0.301 e. The van der Waals surface area contributed by atoms with Gasteiger partial charge in [-0.25, -0.2) is 0 Å². The number of nitro groups is 2. The van der Waals surface area contributed by atoms with E-state index in [1.165, 1.54) is 20.3 Å². The molecular weight excluding hydrogens is 344 g/mol. The summed E-state index contributed by atoms with van der Waals surface area (Å²) in [4.78, 5) is 20.5. The fraction of sp³-hybridized carbons (Fsp3) is 0.188. The van der Waals surface area contributed by atoms with E-state index in [0.717, 1.165) is 12.1 Å². The Morgan fingerprint density at radius 3 is 2.38 bits per heavy atom. The third kappa shape index (κ3) is 3.86. The molecule has 0 radical (unpaired) electrons. The minimum absolute atomic E-state index is 0.0295. The molecule has 0 unspecified atom stereocenters. The molecule has 0 aliphatic carbocycles. The minimum Gasteiger partial charge on any atom is -0.493 e. The highest BCUT2D eigenvalue weighted by Gasteiger charge is 2.19. The monoisotopic (exact) mass is 360 g/mol. The first kappa shape index (κ1) is 18.6. The number of hydrazone groups is 1. The number of non-ortho nitro benzene ring substituents is 1. The lowest BCUT2D eigenvalue weighted by atomic mass is 10.1. The SMILES string of the molecule is COc1cccc(/C(C)=N/Nc2ccc([N+](=O)[O-])cc2[N+](=O)[O-])c1OC. The van der Waals surface area contributed by atoms with E-state index in [-0.39, 0.29) is 11.4 Å². The number of methoxy groups -OCH3 is 2. The number of hydrogen-bond acceptors (Lipinski definition) is 8. The van der Waals surface area contributed by atoms with E-state index in [0.29, 0.717) is 22.8 Å². The molecule has 10 nitrogen and oxygen atoms in total. The van der Waals surface area contributed by atoms with Crippen LogP contribution in [0.15, 0.2) is 41.5 Å². The predicted molar refractivity (Wildman–Crippen MR) is 95.1 cm³/mol. The molecule has 0 saturated carbocycles. The van der Waals surface area contributed by atoms with Gasteiger partial charge in [-0.3, -0.25) is 25.7 Å². The van der Waals surface area contributed by atoms with Crippen molar-refractivity contribution < 1.29 is 19.3 Å². The zero-order valence-corrected chi connectivity index (χ0v) is 14.3. The van der Waals surface area contributed by atoms with Crippen molar-refractivity contribution >= 4 is 22.8 Å². The molecular formula is C16H16N4O6. The largest absolute Gasteiger partial charge is 0.493 e. The van der Waals surface area contributed by atoms with Crippen LogP contribution in [-0.2, 0) is 0 Å². The van der Waals surface area contributed by atoms with Gasteiger partial charge in [-0.2, -0.15) is 5.10 Å². The van der Waals surface area contributed by atoms with Crippen LogP contribution in [0.5, 0.6) is 11.5 Å². The van der Waals surface area contributed by atoms with Crippen LogP contribution in [0.25, 0.3) is 0 Å². The van der Waals surface area contributed by atoms with E-state index in [4.69, 9.17) is 9.47 Å². The summed E-state index contributed by atoms with van der Waals surface area (Å²) in [6.45, 7) is 1.68. The maximum Gasteiger partial charge on any atom is 0.301 e. The van der Waals surface area contributed by atoms with Crippen LogP contribution in [0.3, 0.4) is 0 Å². The Balaban J connectivity index is 2.38. The molecule has 0 amide bonds. The molecule has 0 spiro atoms. The van der Waals surface area contributed by atoms with Gasteiger partial charge in [0.05, 0.1) is 35.8 Å². The Labute approximate surface area is 148 Å². The average molecular weight is 360 g/mol. The second-order valence-corrected chi connectivity index (χ2v) is 5.07. The van der Waals surface area contributed by atoms with Crippen LogP contribution in [0.1, 0.15) is 12.5 Å². The summed E-state index contributed by atoms with van der Waals surface area (Å²) in [6.07, 6.45) is 0. The molecule has 0 aliphatic heterocycles. The highest BCUT2D eigenvalue weighted by molar-refractivity contribution is 6.02. The molecule has 0 heterocycles. The number of hydrogen-bond donors (Lipinski definition) is 1. The average Bonchev–Trinajstić information content (AvgIpc) is 2.64. The van der Waals surface area contributed by atoms with E-state index < -0.39 is 15.5 Å². The lowest BCUT2D eigenvalue weighted by Crippen LogP contribution is -2.05. The van der Waals surface area contributed by atoms with Gasteiger partial charge in [-0.05, 0) is 25.1 Å². The minimum atomic E-state index is -0.716. The third-order valence-electron chi connectivity index (χ3n) is 3.53. The van der Waals surface area contributed by atoms with E-state index in [2.05, 4.69) is 10.5 Å². The molecule has 10 heteroatoms. The molecule has 2 rings (SSSR count). The number of benzene rings is 2. The van der Waals surface area contributed by atoms with Gasteiger partial charge in [0.2, 0.25) is 0 Å². The van der Waals surface area contributed by atoms with Crippen molar-refractivity contribution in [2.75, 3.05) is 19.6 Å². The molecule has 0 bridgehead atoms. The van der Waals surface area contributed by atoms with Gasteiger partial charge < -0.3 is 9.47 Å². The van der Waals surface area contributed by atoms with Crippen LogP contribution in [0.4, 0.5) is 17.1 Å². The Bertz CT molecular complexity index is 881. The molecule has 0 aliphatic rings. The zero-order chi connectivity index (χ0) is 19.3. The highest BCUT2D eigenvalue weighted by atomic mass is 16.6. The first-order chi connectivity index (χ1) is 12.4. The number of rotatable bonds is 7. The van der Waals surface area contributed by atoms with E-state index >= 15 is 0 Å². The number of anilines is 1. The molecule has 0 aromatic heterocycles. The van der Waals surface area contributed by atoms with Crippen molar-refractivity contribution in [2.24, 2.45) is 5.10 Å². The molecule has 26 heavy (non-hydrogen) atoms. The van der Waals surface area contributed by atoms with Crippen LogP contribution >= 0.6 is 0 Å². The molecule has 136 valence electrons. The van der Waals surface area contributed by atoms with Crippen molar-refractivity contribution in [1.82, 2.24) is 0 Å². The number of nitrogens with zero attached hydrogens (tertiary/aromatic N) is 3. The Kier molecular flexibility index (Phi) is 5.68. The summed E-state index contributed by atoms with van der Waals surface area (Å²) in [7, 11) is 3.00. The number of para-hydroxylation sites is 1. The van der Waals surface area contributed by atoms with Gasteiger partial charge in [0.1, 0.15) is 5.69 Å². The van der Waals surface area contributed by atoms with Crippen molar-refractivity contribution in [1.29, 1.82) is 0 Å². The second kappa shape index (κ2) is 7.92. The second-order valence-electron chi connectivity index (χ2n) is 5.07. The van der Waals surface area contributed by atoms with Crippen LogP contribution in [-0.4, -0.2) is 29.8 Å². The number of nitro benzene ring substituents is 2. The lowest BCUT2D eigenvalue weighted by Gasteiger charge is -2.12. The van der Waals surface area contributed by atoms with Crippen molar-refractivity contribution in [3.8, 4) is 11.5 Å². The summed E-state index contributed by atoms with van der Waals surface area (Å²) < 4.78 is 10.6. The van der Waals surface area contributed by atoms with Crippen LogP contribution < -0.4 is 14.9 Å². The Morgan fingerprint density at radius 1 is 1.08 bits per heavy atom. The lowest BCUT2D eigenvalue weighted by molar-refractivity contribution is -0.393. The van der Waals surface area contributed by atoms with Crippen molar-refractivity contribution in [2.45, 2.75) is 6.92 Å². The molecule has 2 aromatic carbocycles. The summed E-state index contributed by atoms with van der Waals surface area (Å²) in [5.74, 6) is 0.983. The summed E-state index contributed by atoms with van der Waals surface area (Å²) in [6, 6.07) is 8.50. The van der Waals surface area contributed by atoms with Gasteiger partial charge >= 0.3 is 5.69 Å². The quantitative estimate of drug-likeness (QED) is 0.455. The number of ether oxygens (including phenoxy) is 2. The summed E-state index contributed by atoms with van der Waals surface area (Å²) in [5.41, 5.74) is 2.89. The molecule has 0 atom stereocenters. The van der Waals surface area contributed by atoms with Gasteiger partial charge in [-0.15, -0.1) is 0 Å². The zero-order valence-electron chi connectivity index (χ0n) is 14.3. The van der Waals surface area contributed by atoms with Gasteiger partial charge in [0, 0.05) is 11.6 Å². The maximum absolute atomic E-state index is 11.2. The van der Waals surface area contributed by atoms with Gasteiger partial charge in [0.15, 0.2) is 11.5 Å². The maximum atomic E-state index is 11.2. The van der Waals surface area contributed by atoms with E-state index in [1.54, 1.807) is 25.1 Å². The van der Waals surface area contributed by atoms with E-state index in [1.807, 2.05) is 0 Å². The molecule has 0 fully saturated rings. The van der Waals surface area contributed by atoms with E-state index in [9.17, 15) is 20.2 Å². The van der Waals surface area contributed by atoms with Crippen molar-refractivity contribution in [3.05, 3.63) is 62.2 Å². The highest BCUT2D eigenvalue weighted by Crippen LogP contribution is 2.32. The van der Waals surface area contributed by atoms with Gasteiger partial charge in [0.25, 0.3) is 5.69 Å². The topological polar surface area (TPSA) is 129 Å². The summed E-state index contributed by atoms with van der Waals surface area (Å²) in [5, 5.41) is 26.1. The Hall–Kier alpha value is -3.69. The summed E-state index contributed by atoms with van der Waals surface area (Å²) >= 11 is 0. The normalized spacial score (nSPS) is 11.0.